The fraction of sp³-hybridized carbons (Fsp3) is 0.188. The molecule has 0 aliphatic rings. The predicted molar refractivity (Wildman–Crippen MR) is 84.2 cm³/mol. The standard InChI is InChI=1S/C16H17N5O/c1-11-7-12(2)21(19-11)15-6-4-5-13(8-15)16(22)18-14-9-17-20(3)10-14/h4-10H,1-3H3,(H,18,22). The SMILES string of the molecule is Cc1cc(C)n(-c2cccc(C(=O)Nc3cnn(C)c3)c2)n1. The molecule has 2 aromatic heterocycles. The van der Waals surface area contributed by atoms with Gasteiger partial charge in [-0.25, -0.2) is 4.68 Å². The number of nitrogens with one attached hydrogen (secondary N) is 1. The average Bonchev–Trinajstić information content (AvgIpc) is 3.04. The molecule has 0 atom stereocenters. The molecule has 3 aromatic rings. The summed E-state index contributed by atoms with van der Waals surface area (Å²) in [5, 5.41) is 11.3. The van der Waals surface area contributed by atoms with Gasteiger partial charge < -0.3 is 5.32 Å². The van der Waals surface area contributed by atoms with E-state index in [2.05, 4.69) is 15.5 Å². The molecule has 3 rings (SSSR count). The largest absolute Gasteiger partial charge is 0.319 e. The number of carbonyl (C=O) groups excluding carboxylic acids is 1. The van der Waals surface area contributed by atoms with E-state index in [4.69, 9.17) is 0 Å². The van der Waals surface area contributed by atoms with Gasteiger partial charge in [-0.15, -0.1) is 0 Å². The lowest BCUT2D eigenvalue weighted by molar-refractivity contribution is 0.102. The zero-order valence-corrected chi connectivity index (χ0v) is 12.7. The van der Waals surface area contributed by atoms with Crippen LogP contribution in [0.5, 0.6) is 0 Å². The Morgan fingerprint density at radius 1 is 1.23 bits per heavy atom. The Hall–Kier alpha value is -2.89. The zero-order chi connectivity index (χ0) is 15.7. The van der Waals surface area contributed by atoms with E-state index in [1.54, 1.807) is 30.2 Å². The van der Waals surface area contributed by atoms with Crippen molar-refractivity contribution < 1.29 is 4.79 Å². The molecule has 0 radical (unpaired) electrons. The molecule has 1 N–H and O–H groups in total. The van der Waals surface area contributed by atoms with Gasteiger partial charge in [0.2, 0.25) is 0 Å². The number of anilines is 1. The molecule has 6 heteroatoms. The molecule has 22 heavy (non-hydrogen) atoms. The number of aryl methyl sites for hydroxylation is 3. The van der Waals surface area contributed by atoms with Crippen molar-refractivity contribution in [1.82, 2.24) is 19.6 Å². The molecule has 0 bridgehead atoms. The molecule has 112 valence electrons. The van der Waals surface area contributed by atoms with E-state index < -0.39 is 0 Å². The van der Waals surface area contributed by atoms with E-state index in [1.165, 1.54) is 0 Å². The number of hydrogen-bond acceptors (Lipinski definition) is 3. The molecule has 0 unspecified atom stereocenters. The number of amides is 1. The molecule has 0 aliphatic heterocycles. The van der Waals surface area contributed by atoms with Crippen LogP contribution in [0, 0.1) is 13.8 Å². The first kappa shape index (κ1) is 14.1. The van der Waals surface area contributed by atoms with Crippen molar-refractivity contribution in [3.8, 4) is 5.69 Å². The Kier molecular flexibility index (Phi) is 3.50. The second-order valence-corrected chi connectivity index (χ2v) is 5.25. The number of carbonyl (C=O) groups is 1. The van der Waals surface area contributed by atoms with Gasteiger partial charge in [0.05, 0.1) is 23.3 Å². The summed E-state index contributed by atoms with van der Waals surface area (Å²) in [5.41, 5.74) is 4.09. The van der Waals surface area contributed by atoms with Crippen molar-refractivity contribution in [1.29, 1.82) is 0 Å². The molecule has 1 aromatic carbocycles. The van der Waals surface area contributed by atoms with Crippen molar-refractivity contribution in [2.75, 3.05) is 5.32 Å². The molecule has 0 spiro atoms. The van der Waals surface area contributed by atoms with Gasteiger partial charge in [-0.05, 0) is 38.1 Å². The van der Waals surface area contributed by atoms with Crippen molar-refractivity contribution in [3.05, 3.63) is 59.7 Å². The molecule has 0 aliphatic carbocycles. The van der Waals surface area contributed by atoms with Crippen LogP contribution in [-0.2, 0) is 7.05 Å². The summed E-state index contributed by atoms with van der Waals surface area (Å²) >= 11 is 0. The molecular formula is C16H17N5O. The van der Waals surface area contributed by atoms with Crippen LogP contribution < -0.4 is 5.32 Å². The Balaban J connectivity index is 1.87. The van der Waals surface area contributed by atoms with Crippen LogP contribution >= 0.6 is 0 Å². The van der Waals surface area contributed by atoms with Gasteiger partial charge >= 0.3 is 0 Å². The number of hydrogen-bond donors (Lipinski definition) is 1. The topological polar surface area (TPSA) is 64.7 Å². The first-order valence-electron chi connectivity index (χ1n) is 6.96. The maximum atomic E-state index is 12.3. The van der Waals surface area contributed by atoms with Gasteiger partial charge in [-0.2, -0.15) is 10.2 Å². The third-order valence-electron chi connectivity index (χ3n) is 3.33. The third-order valence-corrected chi connectivity index (χ3v) is 3.33. The quantitative estimate of drug-likeness (QED) is 0.807. The number of rotatable bonds is 3. The number of aromatic nitrogens is 4. The minimum absolute atomic E-state index is 0.170. The van der Waals surface area contributed by atoms with Crippen LogP contribution in [0.3, 0.4) is 0 Å². The second kappa shape index (κ2) is 5.48. The summed E-state index contributed by atoms with van der Waals surface area (Å²) in [4.78, 5) is 12.3. The van der Waals surface area contributed by atoms with Crippen molar-refractivity contribution in [2.45, 2.75) is 13.8 Å². The summed E-state index contributed by atoms with van der Waals surface area (Å²) in [7, 11) is 1.80. The lowest BCUT2D eigenvalue weighted by Crippen LogP contribution is -2.12. The normalized spacial score (nSPS) is 10.7. The van der Waals surface area contributed by atoms with E-state index in [1.807, 2.05) is 42.8 Å². The second-order valence-electron chi connectivity index (χ2n) is 5.25. The van der Waals surface area contributed by atoms with Gasteiger partial charge in [0.1, 0.15) is 0 Å². The van der Waals surface area contributed by atoms with E-state index in [0.717, 1.165) is 17.1 Å². The molecule has 6 nitrogen and oxygen atoms in total. The van der Waals surface area contributed by atoms with Gasteiger partial charge in [-0.3, -0.25) is 9.48 Å². The van der Waals surface area contributed by atoms with Gasteiger partial charge in [0.25, 0.3) is 5.91 Å². The number of benzene rings is 1. The smallest absolute Gasteiger partial charge is 0.255 e. The molecule has 2 heterocycles. The highest BCUT2D eigenvalue weighted by Crippen LogP contribution is 2.15. The van der Waals surface area contributed by atoms with E-state index >= 15 is 0 Å². The molecule has 0 saturated carbocycles. The first-order valence-corrected chi connectivity index (χ1v) is 6.96. The fourth-order valence-electron chi connectivity index (χ4n) is 2.36. The lowest BCUT2D eigenvalue weighted by Gasteiger charge is -2.07. The van der Waals surface area contributed by atoms with E-state index in [0.29, 0.717) is 11.3 Å². The summed E-state index contributed by atoms with van der Waals surface area (Å²) < 4.78 is 3.47. The zero-order valence-electron chi connectivity index (χ0n) is 12.7. The Bertz CT molecular complexity index is 831. The summed E-state index contributed by atoms with van der Waals surface area (Å²) in [5.74, 6) is -0.170. The van der Waals surface area contributed by atoms with Crippen LogP contribution in [0.2, 0.25) is 0 Å². The van der Waals surface area contributed by atoms with Crippen molar-refractivity contribution in [3.63, 3.8) is 0 Å². The summed E-state index contributed by atoms with van der Waals surface area (Å²) in [6, 6.07) is 9.39. The minimum Gasteiger partial charge on any atom is -0.319 e. The highest BCUT2D eigenvalue weighted by atomic mass is 16.1. The maximum Gasteiger partial charge on any atom is 0.255 e. The van der Waals surface area contributed by atoms with E-state index in [9.17, 15) is 4.79 Å². The van der Waals surface area contributed by atoms with Gasteiger partial charge in [0, 0.05) is 24.5 Å². The average molecular weight is 295 g/mol. The van der Waals surface area contributed by atoms with Crippen molar-refractivity contribution in [2.24, 2.45) is 7.05 Å². The first-order chi connectivity index (χ1) is 10.5. The lowest BCUT2D eigenvalue weighted by atomic mass is 10.2. The third kappa shape index (κ3) is 2.76. The molecule has 0 saturated heterocycles. The Morgan fingerprint density at radius 3 is 2.68 bits per heavy atom. The molecular weight excluding hydrogens is 278 g/mol. The Labute approximate surface area is 128 Å². The van der Waals surface area contributed by atoms with Crippen LogP contribution in [0.15, 0.2) is 42.7 Å². The van der Waals surface area contributed by atoms with E-state index in [-0.39, 0.29) is 5.91 Å². The van der Waals surface area contributed by atoms with Crippen LogP contribution in [-0.4, -0.2) is 25.5 Å². The van der Waals surface area contributed by atoms with Crippen molar-refractivity contribution >= 4 is 11.6 Å². The maximum absolute atomic E-state index is 12.3. The minimum atomic E-state index is -0.170. The predicted octanol–water partition coefficient (Wildman–Crippen LogP) is 2.47. The number of nitrogens with zero attached hydrogens (tertiary/aromatic N) is 4. The van der Waals surface area contributed by atoms with Crippen LogP contribution in [0.25, 0.3) is 5.69 Å². The highest BCUT2D eigenvalue weighted by molar-refractivity contribution is 6.04. The Morgan fingerprint density at radius 2 is 2.05 bits per heavy atom. The fourth-order valence-corrected chi connectivity index (χ4v) is 2.36. The van der Waals surface area contributed by atoms with Gasteiger partial charge in [0.15, 0.2) is 0 Å². The van der Waals surface area contributed by atoms with Gasteiger partial charge in [-0.1, -0.05) is 6.07 Å². The summed E-state index contributed by atoms with van der Waals surface area (Å²) in [6.07, 6.45) is 3.37. The van der Waals surface area contributed by atoms with Crippen LogP contribution in [0.1, 0.15) is 21.7 Å². The molecule has 1 amide bonds. The summed E-state index contributed by atoms with van der Waals surface area (Å²) in [6.45, 7) is 3.94. The highest BCUT2D eigenvalue weighted by Gasteiger charge is 2.10. The molecule has 0 fully saturated rings. The monoisotopic (exact) mass is 295 g/mol. The van der Waals surface area contributed by atoms with Crippen LogP contribution in [0.4, 0.5) is 5.69 Å².